The first-order valence-corrected chi connectivity index (χ1v) is 7.98. The Morgan fingerprint density at radius 2 is 1.92 bits per heavy atom. The maximum atomic E-state index is 12.5. The quantitative estimate of drug-likeness (QED) is 0.733. The van der Waals surface area contributed by atoms with Gasteiger partial charge in [0.2, 0.25) is 0 Å². The van der Waals surface area contributed by atoms with Crippen LogP contribution in [0.3, 0.4) is 0 Å². The SMILES string of the molecule is CC(C)c1cc(C(=O)NCc2noc(C(N)=O)n2)c(O)c(C(C)C)c1. The number of nitrogens with two attached hydrogens (primary N) is 1. The van der Waals surface area contributed by atoms with E-state index in [0.717, 1.165) is 5.56 Å². The number of carbonyl (C=O) groups is 2. The highest BCUT2D eigenvalue weighted by atomic mass is 16.5. The Balaban J connectivity index is 2.23. The van der Waals surface area contributed by atoms with E-state index in [1.165, 1.54) is 0 Å². The summed E-state index contributed by atoms with van der Waals surface area (Å²) in [5.74, 6) is -1.27. The van der Waals surface area contributed by atoms with Crippen LogP contribution in [0.25, 0.3) is 0 Å². The van der Waals surface area contributed by atoms with Crippen LogP contribution in [-0.4, -0.2) is 27.1 Å². The van der Waals surface area contributed by atoms with Gasteiger partial charge in [0, 0.05) is 0 Å². The third-order valence-electron chi connectivity index (χ3n) is 3.78. The van der Waals surface area contributed by atoms with Crippen LogP contribution in [0.4, 0.5) is 0 Å². The summed E-state index contributed by atoms with van der Waals surface area (Å²) in [5, 5.41) is 16.6. The molecular weight excluding hydrogens is 324 g/mol. The molecule has 1 aromatic carbocycles. The highest BCUT2D eigenvalue weighted by molar-refractivity contribution is 5.97. The van der Waals surface area contributed by atoms with Gasteiger partial charge in [-0.25, -0.2) is 0 Å². The van der Waals surface area contributed by atoms with Gasteiger partial charge < -0.3 is 20.7 Å². The normalized spacial score (nSPS) is 11.1. The van der Waals surface area contributed by atoms with Gasteiger partial charge in [-0.15, -0.1) is 0 Å². The molecule has 0 atom stereocenters. The molecule has 0 fully saturated rings. The number of aromatic hydroxyl groups is 1. The fraction of sp³-hybridized carbons (Fsp3) is 0.412. The molecule has 4 N–H and O–H groups in total. The molecule has 1 aromatic heterocycles. The fourth-order valence-electron chi connectivity index (χ4n) is 2.31. The second kappa shape index (κ2) is 7.33. The summed E-state index contributed by atoms with van der Waals surface area (Å²) in [5.41, 5.74) is 6.89. The predicted octanol–water partition coefficient (Wildman–Crippen LogP) is 2.05. The molecule has 0 saturated carbocycles. The number of rotatable bonds is 6. The predicted molar refractivity (Wildman–Crippen MR) is 90.3 cm³/mol. The monoisotopic (exact) mass is 346 g/mol. The van der Waals surface area contributed by atoms with Crippen LogP contribution in [0.1, 0.15) is 77.5 Å². The topological polar surface area (TPSA) is 131 Å². The van der Waals surface area contributed by atoms with Crippen molar-refractivity contribution in [3.8, 4) is 5.75 Å². The minimum atomic E-state index is -0.839. The lowest BCUT2D eigenvalue weighted by Crippen LogP contribution is -2.24. The molecule has 0 bridgehead atoms. The molecule has 0 aliphatic carbocycles. The standard InChI is InChI=1S/C17H22N4O4/c1-8(2)10-5-11(9(3)4)14(22)12(6-10)16(24)19-7-13-20-17(15(18)23)25-21-13/h5-6,8-9,22H,7H2,1-4H3,(H2,18,23)(H,19,24). The zero-order valence-corrected chi connectivity index (χ0v) is 14.7. The number of primary amides is 1. The van der Waals surface area contributed by atoms with E-state index < -0.39 is 11.8 Å². The molecule has 0 aliphatic rings. The summed E-state index contributed by atoms with van der Waals surface area (Å²) in [4.78, 5) is 27.2. The van der Waals surface area contributed by atoms with Crippen molar-refractivity contribution in [2.24, 2.45) is 5.73 Å². The number of hydrogen-bond donors (Lipinski definition) is 3. The molecule has 1 heterocycles. The molecule has 2 rings (SSSR count). The van der Waals surface area contributed by atoms with Crippen LogP contribution >= 0.6 is 0 Å². The zero-order chi connectivity index (χ0) is 18.7. The molecule has 0 unspecified atom stereocenters. The summed E-state index contributed by atoms with van der Waals surface area (Å²) < 4.78 is 4.65. The summed E-state index contributed by atoms with van der Waals surface area (Å²) >= 11 is 0. The number of nitrogens with zero attached hydrogens (tertiary/aromatic N) is 2. The lowest BCUT2D eigenvalue weighted by Gasteiger charge is -2.16. The number of carbonyl (C=O) groups excluding carboxylic acids is 2. The number of hydrogen-bond acceptors (Lipinski definition) is 6. The van der Waals surface area contributed by atoms with Crippen molar-refractivity contribution in [1.29, 1.82) is 0 Å². The van der Waals surface area contributed by atoms with Gasteiger partial charge in [-0.2, -0.15) is 4.98 Å². The first kappa shape index (κ1) is 18.4. The van der Waals surface area contributed by atoms with Gasteiger partial charge in [0.25, 0.3) is 5.91 Å². The minimum Gasteiger partial charge on any atom is -0.507 e. The average molecular weight is 346 g/mol. The zero-order valence-electron chi connectivity index (χ0n) is 14.7. The van der Waals surface area contributed by atoms with Gasteiger partial charge in [0.05, 0.1) is 12.1 Å². The Morgan fingerprint density at radius 1 is 1.24 bits per heavy atom. The molecule has 0 radical (unpaired) electrons. The third kappa shape index (κ3) is 4.14. The molecule has 0 aliphatic heterocycles. The molecule has 8 heteroatoms. The van der Waals surface area contributed by atoms with Gasteiger partial charge in [0.15, 0.2) is 5.82 Å². The summed E-state index contributed by atoms with van der Waals surface area (Å²) in [6, 6.07) is 3.59. The Labute approximate surface area is 145 Å². The number of aromatic nitrogens is 2. The van der Waals surface area contributed by atoms with Crippen molar-refractivity contribution in [3.63, 3.8) is 0 Å². The van der Waals surface area contributed by atoms with E-state index in [-0.39, 0.29) is 41.4 Å². The molecule has 8 nitrogen and oxygen atoms in total. The fourth-order valence-corrected chi connectivity index (χ4v) is 2.31. The van der Waals surface area contributed by atoms with Crippen LogP contribution in [0.5, 0.6) is 5.75 Å². The molecule has 0 spiro atoms. The van der Waals surface area contributed by atoms with Crippen LogP contribution in [-0.2, 0) is 6.54 Å². The van der Waals surface area contributed by atoms with Gasteiger partial charge in [0.1, 0.15) is 5.75 Å². The molecule has 2 aromatic rings. The van der Waals surface area contributed by atoms with Crippen LogP contribution < -0.4 is 11.1 Å². The van der Waals surface area contributed by atoms with E-state index in [9.17, 15) is 14.7 Å². The van der Waals surface area contributed by atoms with E-state index in [0.29, 0.717) is 5.56 Å². The maximum absolute atomic E-state index is 12.5. The number of benzene rings is 1. The van der Waals surface area contributed by atoms with Crippen molar-refractivity contribution in [3.05, 3.63) is 40.5 Å². The lowest BCUT2D eigenvalue weighted by atomic mass is 9.91. The summed E-state index contributed by atoms with van der Waals surface area (Å²) in [7, 11) is 0. The number of amides is 2. The first-order chi connectivity index (χ1) is 11.7. The minimum absolute atomic E-state index is 0.0390. The highest BCUT2D eigenvalue weighted by Gasteiger charge is 2.20. The van der Waals surface area contributed by atoms with Gasteiger partial charge >= 0.3 is 11.8 Å². The Morgan fingerprint density at radius 3 is 2.44 bits per heavy atom. The summed E-state index contributed by atoms with van der Waals surface area (Å²) in [6.45, 7) is 7.88. The number of phenolic OH excluding ortho intramolecular Hbond substituents is 1. The molecule has 2 amide bonds. The van der Waals surface area contributed by atoms with E-state index in [1.807, 2.05) is 33.8 Å². The van der Waals surface area contributed by atoms with Crippen LogP contribution in [0.15, 0.2) is 16.7 Å². The molecule has 134 valence electrons. The average Bonchev–Trinajstić information content (AvgIpc) is 3.01. The second-order valence-corrected chi connectivity index (χ2v) is 6.38. The van der Waals surface area contributed by atoms with Crippen LogP contribution in [0.2, 0.25) is 0 Å². The van der Waals surface area contributed by atoms with E-state index >= 15 is 0 Å². The van der Waals surface area contributed by atoms with Crippen LogP contribution in [0, 0.1) is 0 Å². The van der Waals surface area contributed by atoms with Gasteiger partial charge in [-0.1, -0.05) is 38.9 Å². The van der Waals surface area contributed by atoms with Gasteiger partial charge in [-0.3, -0.25) is 9.59 Å². The second-order valence-electron chi connectivity index (χ2n) is 6.38. The van der Waals surface area contributed by atoms with E-state index in [1.54, 1.807) is 6.07 Å². The highest BCUT2D eigenvalue weighted by Crippen LogP contribution is 2.33. The van der Waals surface area contributed by atoms with Crippen molar-refractivity contribution in [2.75, 3.05) is 0 Å². The molecule has 0 saturated heterocycles. The Kier molecular flexibility index (Phi) is 5.41. The summed E-state index contributed by atoms with van der Waals surface area (Å²) in [6.07, 6.45) is 0. The van der Waals surface area contributed by atoms with Crippen molar-refractivity contribution in [2.45, 2.75) is 46.1 Å². The van der Waals surface area contributed by atoms with Crippen molar-refractivity contribution >= 4 is 11.8 Å². The third-order valence-corrected chi connectivity index (χ3v) is 3.78. The Bertz CT molecular complexity index is 796. The van der Waals surface area contributed by atoms with Gasteiger partial charge in [-0.05, 0) is 29.0 Å². The molecular formula is C17H22N4O4. The Hall–Kier alpha value is -2.90. The van der Waals surface area contributed by atoms with Crippen molar-refractivity contribution in [1.82, 2.24) is 15.5 Å². The number of nitrogens with one attached hydrogen (secondary N) is 1. The lowest BCUT2D eigenvalue weighted by molar-refractivity contribution is 0.0941. The molecule has 25 heavy (non-hydrogen) atoms. The smallest absolute Gasteiger partial charge is 0.315 e. The maximum Gasteiger partial charge on any atom is 0.315 e. The van der Waals surface area contributed by atoms with Crippen molar-refractivity contribution < 1.29 is 19.2 Å². The largest absolute Gasteiger partial charge is 0.507 e. The number of phenols is 1. The van der Waals surface area contributed by atoms with E-state index in [4.69, 9.17) is 5.73 Å². The van der Waals surface area contributed by atoms with E-state index in [2.05, 4.69) is 20.0 Å². The first-order valence-electron chi connectivity index (χ1n) is 7.98.